The Morgan fingerprint density at radius 3 is 2.52 bits per heavy atom. The summed E-state index contributed by atoms with van der Waals surface area (Å²) in [5.41, 5.74) is 0.344. The van der Waals surface area contributed by atoms with Gasteiger partial charge in [-0.05, 0) is 31.4 Å². The predicted molar refractivity (Wildman–Crippen MR) is 118 cm³/mol. The Morgan fingerprint density at radius 1 is 1.16 bits per heavy atom. The molecule has 0 amide bonds. The van der Waals surface area contributed by atoms with Crippen LogP contribution in [0.4, 0.5) is 0 Å². The first kappa shape index (κ1) is 24.9. The van der Waals surface area contributed by atoms with E-state index in [1.165, 1.54) is 6.07 Å². The molecule has 0 radical (unpaired) electrons. The van der Waals surface area contributed by atoms with Crippen molar-refractivity contribution in [2.45, 2.75) is 65.0 Å². The highest BCUT2D eigenvalue weighted by Crippen LogP contribution is 2.31. The Hall–Kier alpha value is -2.35. The van der Waals surface area contributed by atoms with Gasteiger partial charge in [0, 0.05) is 17.9 Å². The molecule has 2 rings (SSSR count). The zero-order valence-corrected chi connectivity index (χ0v) is 18.6. The molecule has 7 heteroatoms. The van der Waals surface area contributed by atoms with E-state index >= 15 is 0 Å². The molecule has 2 unspecified atom stereocenters. The molecule has 6 atom stereocenters. The summed E-state index contributed by atoms with van der Waals surface area (Å²) in [6.45, 7) is 7.32. The summed E-state index contributed by atoms with van der Waals surface area (Å²) in [5, 5.41) is 41.0. The number of rotatable bonds is 4. The Bertz CT molecular complexity index is 801. The van der Waals surface area contributed by atoms with Crippen LogP contribution in [0.2, 0.25) is 0 Å². The average molecular weight is 435 g/mol. The van der Waals surface area contributed by atoms with Gasteiger partial charge in [0.25, 0.3) is 0 Å². The molecule has 1 heterocycles. The second kappa shape index (κ2) is 11.3. The van der Waals surface area contributed by atoms with Crippen LogP contribution in [0.3, 0.4) is 0 Å². The number of carbonyl (C=O) groups is 1. The highest BCUT2D eigenvalue weighted by molar-refractivity contribution is 5.97. The van der Waals surface area contributed by atoms with Gasteiger partial charge in [-0.25, -0.2) is 4.79 Å². The van der Waals surface area contributed by atoms with Crippen LogP contribution in [0.5, 0.6) is 11.5 Å². The van der Waals surface area contributed by atoms with Gasteiger partial charge in [-0.3, -0.25) is 0 Å². The number of carbonyl (C=O) groups excluding carboxylic acids is 1. The molecule has 0 spiro atoms. The molecule has 7 nitrogen and oxygen atoms in total. The molecule has 0 bridgehead atoms. The van der Waals surface area contributed by atoms with Gasteiger partial charge in [-0.15, -0.1) is 0 Å². The number of ether oxygens (including phenoxy) is 2. The van der Waals surface area contributed by atoms with E-state index in [2.05, 4.69) is 0 Å². The zero-order chi connectivity index (χ0) is 23.1. The second-order valence-electron chi connectivity index (χ2n) is 8.19. The van der Waals surface area contributed by atoms with Crippen LogP contribution >= 0.6 is 0 Å². The van der Waals surface area contributed by atoms with Crippen molar-refractivity contribution < 1.29 is 34.7 Å². The number of aromatic hydroxyl groups is 1. The first-order chi connectivity index (χ1) is 14.6. The molecule has 1 aromatic rings. The number of hydrogen-bond donors (Lipinski definition) is 4. The van der Waals surface area contributed by atoms with E-state index in [9.17, 15) is 25.2 Å². The van der Waals surface area contributed by atoms with E-state index in [4.69, 9.17) is 9.47 Å². The number of cyclic esters (lactones) is 1. The number of aliphatic hydroxyl groups is 3. The average Bonchev–Trinajstić information content (AvgIpc) is 2.73. The molecular weight excluding hydrogens is 400 g/mol. The minimum Gasteiger partial charge on any atom is -0.507 e. The van der Waals surface area contributed by atoms with Gasteiger partial charge in [0.2, 0.25) is 0 Å². The number of fused-ring (bicyclic) bond motifs is 1. The van der Waals surface area contributed by atoms with Gasteiger partial charge < -0.3 is 29.9 Å². The molecule has 4 N–H and O–H groups in total. The summed E-state index contributed by atoms with van der Waals surface area (Å²) >= 11 is 0. The SMILES string of the molecule is CCC(O)COc1cc(O)c2c(c1)/C=C/C[C@H](O)[C@H](O)C(C)/C=C\[C@@H](C)[C@H](C)OC2=O. The Labute approximate surface area is 183 Å². The normalized spacial score (nSPS) is 30.4. The smallest absolute Gasteiger partial charge is 0.342 e. The fraction of sp³-hybridized carbons (Fsp3) is 0.542. The lowest BCUT2D eigenvalue weighted by Gasteiger charge is -2.23. The minimum absolute atomic E-state index is 0.0110. The van der Waals surface area contributed by atoms with Crippen LogP contribution in [-0.2, 0) is 4.74 Å². The highest BCUT2D eigenvalue weighted by Gasteiger charge is 2.25. The predicted octanol–water partition coefficient (Wildman–Crippen LogP) is 3.05. The fourth-order valence-electron chi connectivity index (χ4n) is 3.15. The van der Waals surface area contributed by atoms with Crippen LogP contribution in [0.1, 0.15) is 56.5 Å². The van der Waals surface area contributed by atoms with Crippen LogP contribution in [0.15, 0.2) is 30.4 Å². The number of esters is 1. The largest absolute Gasteiger partial charge is 0.507 e. The quantitative estimate of drug-likeness (QED) is 0.425. The maximum absolute atomic E-state index is 12.8. The first-order valence-electron chi connectivity index (χ1n) is 10.7. The monoisotopic (exact) mass is 434 g/mol. The van der Waals surface area contributed by atoms with Crippen molar-refractivity contribution >= 4 is 12.0 Å². The minimum atomic E-state index is -0.991. The van der Waals surface area contributed by atoms with Gasteiger partial charge in [-0.2, -0.15) is 0 Å². The van der Waals surface area contributed by atoms with Crippen LogP contribution in [-0.4, -0.2) is 57.4 Å². The van der Waals surface area contributed by atoms with E-state index in [1.807, 2.05) is 26.8 Å². The number of hydrogen-bond acceptors (Lipinski definition) is 7. The molecule has 31 heavy (non-hydrogen) atoms. The lowest BCUT2D eigenvalue weighted by Crippen LogP contribution is -2.31. The molecule has 172 valence electrons. The van der Waals surface area contributed by atoms with Gasteiger partial charge >= 0.3 is 5.97 Å². The molecule has 0 saturated carbocycles. The van der Waals surface area contributed by atoms with Crippen LogP contribution < -0.4 is 4.74 Å². The molecular formula is C24H34O7. The third kappa shape index (κ3) is 6.82. The standard InChI is InChI=1S/C24H34O7/c1-5-18(25)13-30-19-11-17-7-6-8-20(26)23(28)15(3)10-9-14(2)16(4)31-24(29)22(17)21(27)12-19/h6-7,9-12,14-16,18,20,23,25-28H,5,8,13H2,1-4H3/b7-6+,10-9-/t14-,15?,16+,18?,20+,23-/m1/s1. The summed E-state index contributed by atoms with van der Waals surface area (Å²) < 4.78 is 11.1. The Kier molecular flexibility index (Phi) is 9.10. The van der Waals surface area contributed by atoms with E-state index < -0.39 is 30.4 Å². The molecule has 0 saturated heterocycles. The van der Waals surface area contributed by atoms with Crippen molar-refractivity contribution in [1.29, 1.82) is 0 Å². The van der Waals surface area contributed by atoms with Crippen LogP contribution in [0, 0.1) is 11.8 Å². The van der Waals surface area contributed by atoms with Crippen LogP contribution in [0.25, 0.3) is 6.08 Å². The molecule has 0 aromatic heterocycles. The van der Waals surface area contributed by atoms with Crippen molar-refractivity contribution in [1.82, 2.24) is 0 Å². The van der Waals surface area contributed by atoms with E-state index in [0.29, 0.717) is 17.7 Å². The lowest BCUT2D eigenvalue weighted by atomic mass is 9.94. The molecule has 0 aliphatic carbocycles. The molecule has 0 fully saturated rings. The van der Waals surface area contributed by atoms with Gasteiger partial charge in [0.1, 0.15) is 29.8 Å². The number of benzene rings is 1. The van der Waals surface area contributed by atoms with Crippen molar-refractivity contribution in [3.8, 4) is 11.5 Å². The fourth-order valence-corrected chi connectivity index (χ4v) is 3.15. The van der Waals surface area contributed by atoms with Crippen molar-refractivity contribution in [3.63, 3.8) is 0 Å². The summed E-state index contributed by atoms with van der Waals surface area (Å²) in [4.78, 5) is 12.8. The number of aliphatic hydroxyl groups excluding tert-OH is 3. The first-order valence-corrected chi connectivity index (χ1v) is 10.7. The van der Waals surface area contributed by atoms with Crippen molar-refractivity contribution in [2.24, 2.45) is 11.8 Å². The van der Waals surface area contributed by atoms with E-state index in [1.54, 1.807) is 31.2 Å². The Balaban J connectivity index is 2.43. The maximum Gasteiger partial charge on any atom is 0.342 e. The van der Waals surface area contributed by atoms with Gasteiger partial charge in [0.05, 0.1) is 18.3 Å². The van der Waals surface area contributed by atoms with Gasteiger partial charge in [-0.1, -0.05) is 45.1 Å². The second-order valence-corrected chi connectivity index (χ2v) is 8.19. The zero-order valence-electron chi connectivity index (χ0n) is 18.6. The van der Waals surface area contributed by atoms with Crippen molar-refractivity contribution in [2.75, 3.05) is 6.61 Å². The third-order valence-corrected chi connectivity index (χ3v) is 5.60. The summed E-state index contributed by atoms with van der Waals surface area (Å²) in [5.74, 6) is -1.10. The third-order valence-electron chi connectivity index (χ3n) is 5.60. The number of phenols is 1. The van der Waals surface area contributed by atoms with Gasteiger partial charge in [0.15, 0.2) is 0 Å². The molecule has 1 aliphatic rings. The Morgan fingerprint density at radius 2 is 1.84 bits per heavy atom. The van der Waals surface area contributed by atoms with E-state index in [-0.39, 0.29) is 36.2 Å². The summed E-state index contributed by atoms with van der Waals surface area (Å²) in [7, 11) is 0. The molecule has 1 aliphatic heterocycles. The highest BCUT2D eigenvalue weighted by atomic mass is 16.5. The summed E-state index contributed by atoms with van der Waals surface area (Å²) in [6, 6.07) is 2.88. The number of phenolic OH excluding ortho intramolecular Hbond substituents is 1. The van der Waals surface area contributed by atoms with E-state index in [0.717, 1.165) is 0 Å². The maximum atomic E-state index is 12.8. The van der Waals surface area contributed by atoms with Crippen molar-refractivity contribution in [3.05, 3.63) is 41.5 Å². The lowest BCUT2D eigenvalue weighted by molar-refractivity contribution is 0.000591. The summed E-state index contributed by atoms with van der Waals surface area (Å²) in [6.07, 6.45) is 4.45. The molecule has 1 aromatic carbocycles. The topological polar surface area (TPSA) is 116 Å².